The standard InChI is InChI=1S/C18H24N4O4/c1-25-14-9-13(10-15(11-14)26-2)12-19-17(23)4-6-21-7-8-22-16(18(21)24)3-5-20-22/h7-11,16,20H,3-6,12H2,1-2H3,(H,19,23). The molecule has 2 aliphatic heterocycles. The smallest absolute Gasteiger partial charge is 0.250 e. The minimum absolute atomic E-state index is 0.0304. The zero-order valence-corrected chi connectivity index (χ0v) is 15.0. The van der Waals surface area contributed by atoms with Gasteiger partial charge in [0.1, 0.15) is 17.5 Å². The Labute approximate surface area is 152 Å². The van der Waals surface area contributed by atoms with E-state index in [-0.39, 0.29) is 24.3 Å². The average molecular weight is 360 g/mol. The highest BCUT2D eigenvalue weighted by Gasteiger charge is 2.34. The molecule has 2 aliphatic rings. The van der Waals surface area contributed by atoms with E-state index in [1.807, 2.05) is 23.3 Å². The topological polar surface area (TPSA) is 83.1 Å². The van der Waals surface area contributed by atoms with Gasteiger partial charge in [0, 0.05) is 44.5 Å². The van der Waals surface area contributed by atoms with Crippen LogP contribution in [0.2, 0.25) is 0 Å². The number of ether oxygens (including phenoxy) is 2. The first-order valence-electron chi connectivity index (χ1n) is 8.60. The summed E-state index contributed by atoms with van der Waals surface area (Å²) >= 11 is 0. The first-order valence-corrected chi connectivity index (χ1v) is 8.60. The lowest BCUT2D eigenvalue weighted by Gasteiger charge is -2.31. The molecule has 1 fully saturated rings. The number of hydrogen-bond donors (Lipinski definition) is 2. The van der Waals surface area contributed by atoms with Crippen LogP contribution in [-0.4, -0.2) is 55.1 Å². The fourth-order valence-corrected chi connectivity index (χ4v) is 3.06. The lowest BCUT2D eigenvalue weighted by molar-refractivity contribution is -0.134. The molecule has 8 heteroatoms. The molecule has 0 aliphatic carbocycles. The molecule has 2 amide bonds. The average Bonchev–Trinajstić information content (AvgIpc) is 3.15. The Bertz CT molecular complexity index is 684. The molecule has 3 rings (SSSR count). The number of carbonyl (C=O) groups excluding carboxylic acids is 2. The first-order chi connectivity index (χ1) is 12.6. The van der Waals surface area contributed by atoms with Gasteiger partial charge in [0.25, 0.3) is 5.91 Å². The number of benzene rings is 1. The van der Waals surface area contributed by atoms with Crippen molar-refractivity contribution in [2.75, 3.05) is 27.3 Å². The van der Waals surface area contributed by atoms with Crippen molar-refractivity contribution < 1.29 is 19.1 Å². The molecule has 0 saturated carbocycles. The summed E-state index contributed by atoms with van der Waals surface area (Å²) in [5, 5.41) is 4.70. The highest BCUT2D eigenvalue weighted by molar-refractivity contribution is 5.85. The van der Waals surface area contributed by atoms with Gasteiger partial charge >= 0.3 is 0 Å². The van der Waals surface area contributed by atoms with E-state index in [9.17, 15) is 9.59 Å². The van der Waals surface area contributed by atoms with Crippen LogP contribution in [0.3, 0.4) is 0 Å². The fourth-order valence-electron chi connectivity index (χ4n) is 3.06. The summed E-state index contributed by atoms with van der Waals surface area (Å²) in [6, 6.07) is 5.32. The largest absolute Gasteiger partial charge is 0.497 e. The highest BCUT2D eigenvalue weighted by Crippen LogP contribution is 2.22. The van der Waals surface area contributed by atoms with Gasteiger partial charge < -0.3 is 24.7 Å². The van der Waals surface area contributed by atoms with E-state index >= 15 is 0 Å². The van der Waals surface area contributed by atoms with Crippen LogP contribution in [-0.2, 0) is 16.1 Å². The number of nitrogens with one attached hydrogen (secondary N) is 2. The van der Waals surface area contributed by atoms with E-state index in [0.29, 0.717) is 24.6 Å². The van der Waals surface area contributed by atoms with Gasteiger partial charge in [0.05, 0.1) is 14.2 Å². The zero-order chi connectivity index (χ0) is 18.5. The number of carbonyl (C=O) groups is 2. The summed E-state index contributed by atoms with van der Waals surface area (Å²) in [4.78, 5) is 26.1. The predicted molar refractivity (Wildman–Crippen MR) is 95.1 cm³/mol. The molecule has 2 N–H and O–H groups in total. The molecule has 1 saturated heterocycles. The van der Waals surface area contributed by atoms with E-state index < -0.39 is 0 Å². The minimum atomic E-state index is -0.160. The predicted octanol–water partition coefficient (Wildman–Crippen LogP) is 0.602. The van der Waals surface area contributed by atoms with Crippen molar-refractivity contribution in [3.05, 3.63) is 36.2 Å². The summed E-state index contributed by atoms with van der Waals surface area (Å²) in [5.74, 6) is 1.27. The highest BCUT2D eigenvalue weighted by atomic mass is 16.5. The number of amides is 2. The molecule has 1 aromatic carbocycles. The monoisotopic (exact) mass is 360 g/mol. The summed E-state index contributed by atoms with van der Waals surface area (Å²) in [5.41, 5.74) is 4.02. The second-order valence-corrected chi connectivity index (χ2v) is 6.20. The Morgan fingerprint density at radius 3 is 2.65 bits per heavy atom. The third-order valence-corrected chi connectivity index (χ3v) is 4.50. The van der Waals surface area contributed by atoms with Crippen LogP contribution in [0, 0.1) is 0 Å². The molecule has 2 heterocycles. The van der Waals surface area contributed by atoms with Crippen molar-refractivity contribution in [1.82, 2.24) is 20.7 Å². The Morgan fingerprint density at radius 1 is 1.23 bits per heavy atom. The molecule has 1 atom stereocenters. The zero-order valence-electron chi connectivity index (χ0n) is 15.0. The third kappa shape index (κ3) is 4.08. The van der Waals surface area contributed by atoms with Crippen molar-refractivity contribution in [3.8, 4) is 11.5 Å². The van der Waals surface area contributed by atoms with Crippen LogP contribution in [0.1, 0.15) is 18.4 Å². The number of fused-ring (bicyclic) bond motifs is 1. The van der Waals surface area contributed by atoms with Gasteiger partial charge in [0.2, 0.25) is 5.91 Å². The summed E-state index contributed by atoms with van der Waals surface area (Å²) in [7, 11) is 3.17. The van der Waals surface area contributed by atoms with Crippen LogP contribution >= 0.6 is 0 Å². The van der Waals surface area contributed by atoms with Crippen molar-refractivity contribution >= 4 is 11.8 Å². The molecule has 26 heavy (non-hydrogen) atoms. The van der Waals surface area contributed by atoms with Gasteiger partial charge in [-0.25, -0.2) is 5.43 Å². The Hall–Kier alpha value is -2.74. The number of methoxy groups -OCH3 is 2. The molecule has 0 spiro atoms. The van der Waals surface area contributed by atoms with Crippen molar-refractivity contribution in [1.29, 1.82) is 0 Å². The molecule has 8 nitrogen and oxygen atoms in total. The Kier molecular flexibility index (Phi) is 5.62. The second kappa shape index (κ2) is 8.09. The maximum atomic E-state index is 12.4. The maximum Gasteiger partial charge on any atom is 0.250 e. The summed E-state index contributed by atoms with van der Waals surface area (Å²) < 4.78 is 10.4. The van der Waals surface area contributed by atoms with E-state index in [0.717, 1.165) is 18.5 Å². The molecule has 0 aromatic heterocycles. The van der Waals surface area contributed by atoms with Crippen molar-refractivity contribution in [3.63, 3.8) is 0 Å². The van der Waals surface area contributed by atoms with Gasteiger partial charge in [-0.2, -0.15) is 0 Å². The second-order valence-electron chi connectivity index (χ2n) is 6.20. The van der Waals surface area contributed by atoms with Crippen molar-refractivity contribution in [2.24, 2.45) is 0 Å². The number of rotatable bonds is 7. The van der Waals surface area contributed by atoms with E-state index in [1.165, 1.54) is 0 Å². The van der Waals surface area contributed by atoms with Gasteiger partial charge in [-0.15, -0.1) is 0 Å². The quantitative estimate of drug-likeness (QED) is 0.741. The molecule has 0 radical (unpaired) electrons. The number of hydrogen-bond acceptors (Lipinski definition) is 6. The lowest BCUT2D eigenvalue weighted by Crippen LogP contribution is -2.48. The molecule has 140 valence electrons. The lowest BCUT2D eigenvalue weighted by atomic mass is 10.1. The van der Waals surface area contributed by atoms with Gasteiger partial charge in [0.15, 0.2) is 0 Å². The molecule has 0 bridgehead atoms. The Morgan fingerprint density at radius 2 is 1.96 bits per heavy atom. The van der Waals surface area contributed by atoms with E-state index in [4.69, 9.17) is 9.47 Å². The van der Waals surface area contributed by atoms with Crippen LogP contribution in [0.25, 0.3) is 0 Å². The molecular formula is C18H24N4O4. The summed E-state index contributed by atoms with van der Waals surface area (Å²) in [6.45, 7) is 1.53. The minimum Gasteiger partial charge on any atom is -0.497 e. The van der Waals surface area contributed by atoms with Crippen LogP contribution in [0.15, 0.2) is 30.6 Å². The molecule has 1 aromatic rings. The van der Waals surface area contributed by atoms with E-state index in [2.05, 4.69) is 10.7 Å². The maximum absolute atomic E-state index is 12.4. The van der Waals surface area contributed by atoms with Gasteiger partial charge in [-0.05, 0) is 24.1 Å². The normalized spacial score (nSPS) is 18.7. The van der Waals surface area contributed by atoms with Crippen LogP contribution in [0.4, 0.5) is 0 Å². The number of nitrogens with zero attached hydrogens (tertiary/aromatic N) is 2. The number of hydrazine groups is 1. The van der Waals surface area contributed by atoms with Gasteiger partial charge in [-0.3, -0.25) is 9.59 Å². The fraction of sp³-hybridized carbons (Fsp3) is 0.444. The molecule has 1 unspecified atom stereocenters. The Balaban J connectivity index is 1.49. The first kappa shape index (κ1) is 18.1. The van der Waals surface area contributed by atoms with Crippen LogP contribution in [0.5, 0.6) is 11.5 Å². The summed E-state index contributed by atoms with van der Waals surface area (Å²) in [6.07, 6.45) is 4.59. The van der Waals surface area contributed by atoms with E-state index in [1.54, 1.807) is 31.4 Å². The van der Waals surface area contributed by atoms with Crippen molar-refractivity contribution in [2.45, 2.75) is 25.4 Å². The van der Waals surface area contributed by atoms with Crippen LogP contribution < -0.4 is 20.2 Å². The third-order valence-electron chi connectivity index (χ3n) is 4.50. The SMILES string of the molecule is COc1cc(CNC(=O)CCN2C=CN3NCCC3C2=O)cc(OC)c1. The van der Waals surface area contributed by atoms with Gasteiger partial charge in [-0.1, -0.05) is 0 Å². The molecular weight excluding hydrogens is 336 g/mol.